The second kappa shape index (κ2) is 8.56. The monoisotopic (exact) mass is 406 g/mol. The van der Waals surface area contributed by atoms with E-state index in [1.54, 1.807) is 45.6 Å². The maximum Gasteiger partial charge on any atom is 0.279 e. The van der Waals surface area contributed by atoms with Crippen LogP contribution in [0.4, 0.5) is 0 Å². The Labute approximate surface area is 165 Å². The van der Waals surface area contributed by atoms with Crippen LogP contribution in [0.25, 0.3) is 10.2 Å². The number of amides is 1. The fourth-order valence-electron chi connectivity index (χ4n) is 2.65. The molecule has 1 heterocycles. The summed E-state index contributed by atoms with van der Waals surface area (Å²) in [4.78, 5) is 17.5. The molecule has 1 aromatic heterocycles. The van der Waals surface area contributed by atoms with Crippen molar-refractivity contribution in [3.8, 4) is 11.5 Å². The van der Waals surface area contributed by atoms with Gasteiger partial charge in [0, 0.05) is 36.4 Å². The summed E-state index contributed by atoms with van der Waals surface area (Å²) in [7, 11) is 4.81. The maximum absolute atomic E-state index is 12.6. The zero-order chi connectivity index (χ0) is 19.4. The van der Waals surface area contributed by atoms with Crippen molar-refractivity contribution in [1.29, 1.82) is 0 Å². The molecule has 1 amide bonds. The van der Waals surface area contributed by atoms with Gasteiger partial charge in [0.05, 0.1) is 31.0 Å². The van der Waals surface area contributed by atoms with E-state index in [1.165, 1.54) is 11.3 Å². The Hall–Kier alpha value is -2.35. The van der Waals surface area contributed by atoms with Crippen LogP contribution < -0.4 is 14.3 Å². The first-order chi connectivity index (χ1) is 13.1. The molecule has 0 saturated heterocycles. The quantitative estimate of drug-likeness (QED) is 0.625. The fourth-order valence-corrected chi connectivity index (χ4v) is 3.91. The van der Waals surface area contributed by atoms with Gasteiger partial charge in [-0.15, -0.1) is 0 Å². The molecule has 0 aliphatic rings. The lowest BCUT2D eigenvalue weighted by molar-refractivity contribution is 0.0997. The number of nitrogens with zero attached hydrogens (tertiary/aromatic N) is 2. The number of benzene rings is 2. The van der Waals surface area contributed by atoms with Gasteiger partial charge in [-0.25, -0.2) is 0 Å². The molecule has 27 heavy (non-hydrogen) atoms. The molecule has 0 aliphatic carbocycles. The van der Waals surface area contributed by atoms with Crippen molar-refractivity contribution in [2.45, 2.75) is 6.54 Å². The van der Waals surface area contributed by atoms with E-state index in [0.29, 0.717) is 40.0 Å². The molecule has 142 valence electrons. The van der Waals surface area contributed by atoms with Crippen molar-refractivity contribution in [3.63, 3.8) is 0 Å². The number of rotatable bonds is 6. The third-order valence-electron chi connectivity index (χ3n) is 3.98. The highest BCUT2D eigenvalue weighted by molar-refractivity contribution is 7.16. The molecule has 2 aromatic carbocycles. The van der Waals surface area contributed by atoms with E-state index in [0.717, 1.165) is 10.2 Å². The largest absolute Gasteiger partial charge is 0.493 e. The van der Waals surface area contributed by atoms with Crippen LogP contribution in [-0.2, 0) is 11.3 Å². The molecular formula is C19H19ClN2O4S. The third-order valence-corrected chi connectivity index (χ3v) is 5.25. The summed E-state index contributed by atoms with van der Waals surface area (Å²) in [5.41, 5.74) is 1.33. The lowest BCUT2D eigenvalue weighted by Crippen LogP contribution is -2.19. The summed E-state index contributed by atoms with van der Waals surface area (Å²) < 4.78 is 18.9. The van der Waals surface area contributed by atoms with Gasteiger partial charge in [-0.1, -0.05) is 29.0 Å². The molecule has 3 rings (SSSR count). The molecule has 6 nitrogen and oxygen atoms in total. The Morgan fingerprint density at radius 2 is 1.89 bits per heavy atom. The smallest absolute Gasteiger partial charge is 0.279 e. The van der Waals surface area contributed by atoms with E-state index < -0.39 is 0 Å². The zero-order valence-electron chi connectivity index (χ0n) is 15.2. The highest BCUT2D eigenvalue weighted by Gasteiger charge is 2.14. The van der Waals surface area contributed by atoms with Gasteiger partial charge in [0.25, 0.3) is 5.91 Å². The molecule has 0 aliphatic heterocycles. The Kier molecular flexibility index (Phi) is 6.15. The lowest BCUT2D eigenvalue weighted by Gasteiger charge is -2.09. The average molecular weight is 407 g/mol. The van der Waals surface area contributed by atoms with Crippen LogP contribution >= 0.6 is 22.9 Å². The van der Waals surface area contributed by atoms with Crippen molar-refractivity contribution in [2.75, 3.05) is 27.9 Å². The number of hydrogen-bond donors (Lipinski definition) is 0. The van der Waals surface area contributed by atoms with Crippen LogP contribution in [0.1, 0.15) is 10.4 Å². The van der Waals surface area contributed by atoms with Crippen LogP contribution in [0.5, 0.6) is 11.5 Å². The van der Waals surface area contributed by atoms with Crippen molar-refractivity contribution >= 4 is 39.1 Å². The molecule has 0 saturated carbocycles. The van der Waals surface area contributed by atoms with E-state index in [1.807, 2.05) is 16.7 Å². The van der Waals surface area contributed by atoms with Crippen LogP contribution in [0, 0.1) is 0 Å². The van der Waals surface area contributed by atoms with Gasteiger partial charge in [0.2, 0.25) is 0 Å². The first-order valence-electron chi connectivity index (χ1n) is 8.16. The highest BCUT2D eigenvalue weighted by atomic mass is 35.5. The van der Waals surface area contributed by atoms with Gasteiger partial charge in [-0.3, -0.25) is 4.79 Å². The Bertz CT molecular complexity index is 1040. The number of halogens is 1. The van der Waals surface area contributed by atoms with E-state index >= 15 is 0 Å². The molecule has 0 atom stereocenters. The molecule has 3 aromatic rings. The minimum atomic E-state index is -0.353. The number of thiazole rings is 1. The Balaban J connectivity index is 2.16. The van der Waals surface area contributed by atoms with E-state index in [-0.39, 0.29) is 5.91 Å². The van der Waals surface area contributed by atoms with E-state index in [9.17, 15) is 4.79 Å². The summed E-state index contributed by atoms with van der Waals surface area (Å²) >= 11 is 7.38. The second-order valence-electron chi connectivity index (χ2n) is 5.63. The Morgan fingerprint density at radius 1 is 1.15 bits per heavy atom. The maximum atomic E-state index is 12.6. The fraction of sp³-hybridized carbons (Fsp3) is 0.263. The van der Waals surface area contributed by atoms with Gasteiger partial charge in [0.15, 0.2) is 16.3 Å². The summed E-state index contributed by atoms with van der Waals surface area (Å²) in [6.45, 7) is 1.03. The number of ether oxygens (including phenoxy) is 3. The highest BCUT2D eigenvalue weighted by Crippen LogP contribution is 2.33. The number of carbonyl (C=O) groups excluding carboxylic acids is 1. The molecule has 0 spiro atoms. The van der Waals surface area contributed by atoms with Gasteiger partial charge in [-0.05, 0) is 18.2 Å². The van der Waals surface area contributed by atoms with Crippen LogP contribution in [0.3, 0.4) is 0 Å². The topological polar surface area (TPSA) is 62.1 Å². The zero-order valence-corrected chi connectivity index (χ0v) is 16.8. The van der Waals surface area contributed by atoms with Crippen molar-refractivity contribution < 1.29 is 19.0 Å². The summed E-state index contributed by atoms with van der Waals surface area (Å²) in [6, 6.07) is 10.5. The van der Waals surface area contributed by atoms with Gasteiger partial charge in [0.1, 0.15) is 0 Å². The summed E-state index contributed by atoms with van der Waals surface area (Å²) in [6.07, 6.45) is 0. The number of fused-ring (bicyclic) bond motifs is 1. The van der Waals surface area contributed by atoms with Crippen LogP contribution in [0.2, 0.25) is 5.02 Å². The summed E-state index contributed by atoms with van der Waals surface area (Å²) in [5, 5.41) is 0.495. The Morgan fingerprint density at radius 3 is 2.56 bits per heavy atom. The molecule has 0 N–H and O–H groups in total. The standard InChI is InChI=1S/C19H19ClN2O4S/c1-24-8-7-22-14-10-15(25-2)16(26-3)11-17(14)27-19(22)21-18(23)12-5-4-6-13(20)9-12/h4-6,9-11H,7-8H2,1-3H3. The summed E-state index contributed by atoms with van der Waals surface area (Å²) in [5.74, 6) is 0.883. The molecule has 0 fully saturated rings. The normalized spacial score (nSPS) is 11.8. The average Bonchev–Trinajstić information content (AvgIpc) is 3.00. The minimum absolute atomic E-state index is 0.353. The van der Waals surface area contributed by atoms with Crippen molar-refractivity contribution in [2.24, 2.45) is 4.99 Å². The SMILES string of the molecule is COCCn1c(=NC(=O)c2cccc(Cl)c2)sc2cc(OC)c(OC)cc21. The van der Waals surface area contributed by atoms with Crippen molar-refractivity contribution in [1.82, 2.24) is 4.57 Å². The molecule has 0 bridgehead atoms. The molecule has 8 heteroatoms. The molecular weight excluding hydrogens is 388 g/mol. The van der Waals surface area contributed by atoms with Gasteiger partial charge in [-0.2, -0.15) is 4.99 Å². The second-order valence-corrected chi connectivity index (χ2v) is 7.08. The third kappa shape index (κ3) is 4.16. The lowest BCUT2D eigenvalue weighted by atomic mass is 10.2. The predicted molar refractivity (Wildman–Crippen MR) is 106 cm³/mol. The van der Waals surface area contributed by atoms with E-state index in [2.05, 4.69) is 4.99 Å². The van der Waals surface area contributed by atoms with Crippen molar-refractivity contribution in [3.05, 3.63) is 51.8 Å². The van der Waals surface area contributed by atoms with E-state index in [4.69, 9.17) is 25.8 Å². The number of hydrogen-bond acceptors (Lipinski definition) is 5. The number of carbonyl (C=O) groups is 1. The van der Waals surface area contributed by atoms with Gasteiger partial charge >= 0.3 is 0 Å². The minimum Gasteiger partial charge on any atom is -0.493 e. The molecule has 0 unspecified atom stereocenters. The number of aromatic nitrogens is 1. The number of methoxy groups -OCH3 is 3. The molecule has 0 radical (unpaired) electrons. The predicted octanol–water partition coefficient (Wildman–Crippen LogP) is 3.76. The van der Waals surface area contributed by atoms with Crippen LogP contribution in [0.15, 0.2) is 41.4 Å². The first-order valence-corrected chi connectivity index (χ1v) is 9.35. The van der Waals surface area contributed by atoms with Gasteiger partial charge < -0.3 is 18.8 Å². The first kappa shape index (κ1) is 19.4. The van der Waals surface area contributed by atoms with Crippen LogP contribution in [-0.4, -0.2) is 38.4 Å².